The van der Waals surface area contributed by atoms with Crippen LogP contribution in [0.1, 0.15) is 27.0 Å². The molecule has 0 radical (unpaired) electrons. The van der Waals surface area contributed by atoms with Gasteiger partial charge in [0.05, 0.1) is 5.56 Å². The van der Waals surface area contributed by atoms with Gasteiger partial charge in [0.1, 0.15) is 11.5 Å². The van der Waals surface area contributed by atoms with Crippen LogP contribution in [0.3, 0.4) is 0 Å². The molecule has 0 saturated carbocycles. The average Bonchev–Trinajstić information content (AvgIpc) is 2.91. The van der Waals surface area contributed by atoms with Crippen molar-refractivity contribution in [2.24, 2.45) is 0 Å². The zero-order valence-corrected chi connectivity index (χ0v) is 14.3. The van der Waals surface area contributed by atoms with Gasteiger partial charge in [0.2, 0.25) is 0 Å². The summed E-state index contributed by atoms with van der Waals surface area (Å²) in [6, 6.07) is 18.0. The lowest BCUT2D eigenvalue weighted by Crippen LogP contribution is -2.33. The Hall–Kier alpha value is -2.49. The van der Waals surface area contributed by atoms with Gasteiger partial charge in [-0.15, -0.1) is 0 Å². The lowest BCUT2D eigenvalue weighted by molar-refractivity contribution is 0.0224. The fourth-order valence-electron chi connectivity index (χ4n) is 3.61. The van der Waals surface area contributed by atoms with E-state index in [1.807, 2.05) is 18.2 Å². The van der Waals surface area contributed by atoms with Crippen LogP contribution in [0.2, 0.25) is 10.0 Å². The highest BCUT2D eigenvalue weighted by molar-refractivity contribution is 6.31. The van der Waals surface area contributed by atoms with Gasteiger partial charge in [-0.3, -0.25) is 0 Å². The zero-order valence-electron chi connectivity index (χ0n) is 12.8. The quantitative estimate of drug-likeness (QED) is 0.487. The average molecular weight is 369 g/mol. The number of fused-ring (bicyclic) bond motifs is 6. The predicted molar refractivity (Wildman–Crippen MR) is 94.7 cm³/mol. The Morgan fingerprint density at radius 2 is 1.36 bits per heavy atom. The van der Waals surface area contributed by atoms with Crippen LogP contribution in [0.5, 0.6) is 11.5 Å². The summed E-state index contributed by atoms with van der Waals surface area (Å²) in [5.41, 5.74) is 1.55. The van der Waals surface area contributed by atoms with E-state index in [9.17, 15) is 4.79 Å². The van der Waals surface area contributed by atoms with Crippen LogP contribution in [0, 0.1) is 0 Å². The molecule has 0 N–H and O–H groups in total. The number of ether oxygens (including phenoxy) is 2. The van der Waals surface area contributed by atoms with E-state index in [2.05, 4.69) is 0 Å². The van der Waals surface area contributed by atoms with Crippen molar-refractivity contribution >= 4 is 29.2 Å². The number of halogens is 2. The van der Waals surface area contributed by atoms with E-state index in [-0.39, 0.29) is 5.97 Å². The minimum absolute atomic E-state index is 0.380. The third kappa shape index (κ3) is 1.91. The zero-order chi connectivity index (χ0) is 17.2. The third-order valence-electron chi connectivity index (χ3n) is 4.63. The maximum Gasteiger partial charge on any atom is 0.340 e. The van der Waals surface area contributed by atoms with E-state index in [1.54, 1.807) is 42.5 Å². The van der Waals surface area contributed by atoms with Crippen LogP contribution >= 0.6 is 23.2 Å². The Bertz CT molecular complexity index is 1010. The second-order valence-electron chi connectivity index (χ2n) is 6.00. The van der Waals surface area contributed by atoms with Crippen molar-refractivity contribution < 1.29 is 14.3 Å². The van der Waals surface area contributed by atoms with Gasteiger partial charge in [0.25, 0.3) is 0 Å². The monoisotopic (exact) mass is 368 g/mol. The Balaban J connectivity index is 1.93. The molecule has 0 aliphatic carbocycles. The second kappa shape index (κ2) is 5.01. The van der Waals surface area contributed by atoms with Crippen molar-refractivity contribution in [1.29, 1.82) is 0 Å². The van der Waals surface area contributed by atoms with Crippen molar-refractivity contribution in [2.75, 3.05) is 0 Å². The maximum absolute atomic E-state index is 12.6. The molecular formula is C20H10Cl2O3. The Morgan fingerprint density at radius 1 is 0.760 bits per heavy atom. The first kappa shape index (κ1) is 14.8. The van der Waals surface area contributed by atoms with Gasteiger partial charge in [-0.25, -0.2) is 4.79 Å². The molecular weight excluding hydrogens is 359 g/mol. The van der Waals surface area contributed by atoms with E-state index in [1.165, 1.54) is 0 Å². The van der Waals surface area contributed by atoms with Gasteiger partial charge in [0.15, 0.2) is 5.60 Å². The van der Waals surface area contributed by atoms with E-state index >= 15 is 0 Å². The molecule has 0 aromatic heterocycles. The van der Waals surface area contributed by atoms with Crippen molar-refractivity contribution in [1.82, 2.24) is 0 Å². The molecule has 122 valence electrons. The minimum atomic E-state index is -1.12. The van der Waals surface area contributed by atoms with Crippen molar-refractivity contribution in [3.63, 3.8) is 0 Å². The SMILES string of the molecule is O=C1OC2(c3cc(Cl)ccc3Oc3ccc(Cl)cc32)c2ccccc21. The van der Waals surface area contributed by atoms with Crippen LogP contribution in [0.25, 0.3) is 0 Å². The van der Waals surface area contributed by atoms with Crippen molar-refractivity contribution in [3.05, 3.63) is 93.0 Å². The van der Waals surface area contributed by atoms with E-state index in [0.29, 0.717) is 38.2 Å². The molecule has 2 aliphatic rings. The Kier molecular flexibility index (Phi) is 2.97. The minimum Gasteiger partial charge on any atom is -0.456 e. The van der Waals surface area contributed by atoms with Crippen LogP contribution in [-0.2, 0) is 10.3 Å². The summed E-state index contributed by atoms with van der Waals surface area (Å²) >= 11 is 12.5. The lowest BCUT2D eigenvalue weighted by Gasteiger charge is -2.36. The normalized spacial score (nSPS) is 15.8. The van der Waals surface area contributed by atoms with Gasteiger partial charge in [-0.2, -0.15) is 0 Å². The van der Waals surface area contributed by atoms with Crippen LogP contribution < -0.4 is 4.74 Å². The molecule has 3 aromatic rings. The van der Waals surface area contributed by atoms with Crippen LogP contribution in [0.15, 0.2) is 60.7 Å². The summed E-state index contributed by atoms with van der Waals surface area (Å²) < 4.78 is 12.0. The number of hydrogen-bond acceptors (Lipinski definition) is 3. The number of esters is 1. The second-order valence-corrected chi connectivity index (χ2v) is 6.87. The highest BCUT2D eigenvalue weighted by Gasteiger charge is 2.53. The molecule has 0 unspecified atom stereocenters. The number of carbonyl (C=O) groups is 1. The molecule has 0 bridgehead atoms. The Morgan fingerprint density at radius 3 is 2.00 bits per heavy atom. The first-order valence-electron chi connectivity index (χ1n) is 7.70. The Labute approximate surface area is 153 Å². The molecule has 0 saturated heterocycles. The summed E-state index contributed by atoms with van der Waals surface area (Å²) in [7, 11) is 0. The molecule has 0 fully saturated rings. The molecule has 0 atom stereocenters. The van der Waals surface area contributed by atoms with Crippen LogP contribution in [-0.4, -0.2) is 5.97 Å². The maximum atomic E-state index is 12.6. The lowest BCUT2D eigenvalue weighted by atomic mass is 9.78. The standard InChI is InChI=1S/C20H10Cl2O3/c21-11-5-7-17-15(9-11)20(16-10-12(22)6-8-18(16)24-17)14-4-2-1-3-13(14)19(23)25-20/h1-10H. The van der Waals surface area contributed by atoms with E-state index in [0.717, 1.165) is 5.56 Å². The van der Waals surface area contributed by atoms with E-state index < -0.39 is 5.60 Å². The molecule has 3 aromatic carbocycles. The highest BCUT2D eigenvalue weighted by Crippen LogP contribution is 2.56. The molecule has 5 heteroatoms. The van der Waals surface area contributed by atoms with Crippen molar-refractivity contribution in [2.45, 2.75) is 5.60 Å². The third-order valence-corrected chi connectivity index (χ3v) is 5.10. The highest BCUT2D eigenvalue weighted by atomic mass is 35.5. The summed E-state index contributed by atoms with van der Waals surface area (Å²) in [6.45, 7) is 0. The molecule has 3 nitrogen and oxygen atoms in total. The first-order chi connectivity index (χ1) is 12.1. The molecule has 2 heterocycles. The molecule has 0 amide bonds. The van der Waals surface area contributed by atoms with Crippen LogP contribution in [0.4, 0.5) is 0 Å². The summed E-state index contributed by atoms with van der Waals surface area (Å²) in [5, 5.41) is 1.07. The predicted octanol–water partition coefficient (Wildman–Crippen LogP) is 5.56. The fourth-order valence-corrected chi connectivity index (χ4v) is 3.96. The molecule has 2 aliphatic heterocycles. The first-order valence-corrected chi connectivity index (χ1v) is 8.46. The number of rotatable bonds is 0. The van der Waals surface area contributed by atoms with E-state index in [4.69, 9.17) is 32.7 Å². The summed E-state index contributed by atoms with van der Waals surface area (Å²) in [4.78, 5) is 12.6. The fraction of sp³-hybridized carbons (Fsp3) is 0.0500. The summed E-state index contributed by atoms with van der Waals surface area (Å²) in [6.07, 6.45) is 0. The largest absolute Gasteiger partial charge is 0.456 e. The number of benzene rings is 3. The number of hydrogen-bond donors (Lipinski definition) is 0. The van der Waals surface area contributed by atoms with Crippen molar-refractivity contribution in [3.8, 4) is 11.5 Å². The van der Waals surface area contributed by atoms with Gasteiger partial charge >= 0.3 is 5.97 Å². The van der Waals surface area contributed by atoms with Gasteiger partial charge in [-0.1, -0.05) is 41.4 Å². The molecule has 5 rings (SSSR count). The van der Waals surface area contributed by atoms with Gasteiger partial charge in [-0.05, 0) is 42.5 Å². The summed E-state index contributed by atoms with van der Waals surface area (Å²) in [5.74, 6) is 0.821. The smallest absolute Gasteiger partial charge is 0.340 e. The topological polar surface area (TPSA) is 35.5 Å². The molecule has 25 heavy (non-hydrogen) atoms. The number of carbonyl (C=O) groups excluding carboxylic acids is 1. The van der Waals surface area contributed by atoms with Gasteiger partial charge in [0, 0.05) is 26.7 Å². The molecule has 1 spiro atoms. The van der Waals surface area contributed by atoms with Gasteiger partial charge < -0.3 is 9.47 Å².